The van der Waals surface area contributed by atoms with Gasteiger partial charge in [0.05, 0.1) is 6.20 Å². The fourth-order valence-electron chi connectivity index (χ4n) is 1.35. The number of halogens is 2. The Labute approximate surface area is 157 Å². The highest BCUT2D eigenvalue weighted by Crippen LogP contribution is 2.24. The first-order valence-corrected chi connectivity index (χ1v) is 8.61. The van der Waals surface area contributed by atoms with Gasteiger partial charge >= 0.3 is 12.2 Å². The molecule has 0 aliphatic carbocycles. The minimum absolute atomic E-state index is 0.0531. The maximum atomic E-state index is 12.4. The van der Waals surface area contributed by atoms with Crippen LogP contribution in [0.2, 0.25) is 0 Å². The Morgan fingerprint density at radius 3 is 1.87 bits per heavy atom. The molecule has 0 aliphatic rings. The van der Waals surface area contributed by atoms with Gasteiger partial charge in [0, 0.05) is 0 Å². The van der Waals surface area contributed by atoms with Crippen molar-refractivity contribution in [3.8, 4) is 0 Å². The molecular weight excluding hydrogens is 481 g/mol. The maximum Gasteiger partial charge on any atom is 0.425 e. The zero-order valence-electron chi connectivity index (χ0n) is 13.8. The summed E-state index contributed by atoms with van der Waals surface area (Å²) >= 11 is 5.07. The van der Waals surface area contributed by atoms with Crippen LogP contribution in [-0.2, 0) is 9.47 Å². The van der Waals surface area contributed by atoms with E-state index in [-0.39, 0.29) is 5.82 Å². The number of rotatable bonds is 1. The smallest absolute Gasteiger partial charge is 0.425 e. The third kappa shape index (κ3) is 6.58. The molecule has 0 fully saturated rings. The lowest BCUT2D eigenvalue weighted by Crippen LogP contribution is -2.44. The highest BCUT2D eigenvalue weighted by atomic mass is 127. The lowest BCUT2D eigenvalue weighted by atomic mass is 10.2. The first kappa shape index (κ1) is 20.1. The summed E-state index contributed by atoms with van der Waals surface area (Å²) in [6, 6.07) is 0. The summed E-state index contributed by atoms with van der Waals surface area (Å²) in [6.45, 7) is 10.2. The van der Waals surface area contributed by atoms with Crippen molar-refractivity contribution in [3.63, 3.8) is 0 Å². The fourth-order valence-corrected chi connectivity index (χ4v) is 2.60. The van der Waals surface area contributed by atoms with Gasteiger partial charge in [-0.05, 0) is 80.1 Å². The Bertz CT molecular complexity index is 583. The van der Waals surface area contributed by atoms with Crippen molar-refractivity contribution >= 4 is 56.5 Å². The first-order chi connectivity index (χ1) is 10.3. The van der Waals surface area contributed by atoms with Crippen LogP contribution in [-0.4, -0.2) is 33.4 Å². The molecule has 0 aromatic carbocycles. The van der Waals surface area contributed by atoms with Crippen LogP contribution >= 0.6 is 38.5 Å². The summed E-state index contributed by atoms with van der Waals surface area (Å²) in [5.74, 6) is 0.0531. The predicted octanol–water partition coefficient (Wildman–Crippen LogP) is 4.52. The van der Waals surface area contributed by atoms with Gasteiger partial charge in [-0.1, -0.05) is 0 Å². The zero-order chi connectivity index (χ0) is 18.0. The SMILES string of the molecule is CC(C)(C)OC(=O)N(C(=O)OC(C)(C)C)c1ncc(Br)nc1I. The number of carbonyl (C=O) groups is 2. The van der Waals surface area contributed by atoms with Crippen molar-refractivity contribution in [2.24, 2.45) is 0 Å². The number of imide groups is 1. The molecule has 0 saturated heterocycles. The van der Waals surface area contributed by atoms with Crippen molar-refractivity contribution in [1.29, 1.82) is 0 Å². The van der Waals surface area contributed by atoms with Crippen LogP contribution in [0.5, 0.6) is 0 Å². The molecule has 7 nitrogen and oxygen atoms in total. The number of nitrogens with zero attached hydrogens (tertiary/aromatic N) is 3. The Hall–Kier alpha value is -0.970. The van der Waals surface area contributed by atoms with Crippen molar-refractivity contribution in [1.82, 2.24) is 9.97 Å². The van der Waals surface area contributed by atoms with Crippen molar-refractivity contribution < 1.29 is 19.1 Å². The Morgan fingerprint density at radius 1 is 1.09 bits per heavy atom. The van der Waals surface area contributed by atoms with Gasteiger partial charge in [-0.15, -0.1) is 0 Å². The molecule has 0 radical (unpaired) electrons. The molecule has 0 spiro atoms. The number of amides is 2. The van der Waals surface area contributed by atoms with Crippen molar-refractivity contribution in [3.05, 3.63) is 14.5 Å². The quantitative estimate of drug-likeness (QED) is 0.528. The van der Waals surface area contributed by atoms with E-state index in [9.17, 15) is 9.59 Å². The van der Waals surface area contributed by atoms with Gasteiger partial charge in [-0.2, -0.15) is 4.90 Å². The van der Waals surface area contributed by atoms with E-state index in [1.807, 2.05) is 22.6 Å². The molecule has 128 valence electrons. The number of aromatic nitrogens is 2. The third-order valence-electron chi connectivity index (χ3n) is 2.05. The molecule has 0 aliphatic heterocycles. The molecule has 0 N–H and O–H groups in total. The van der Waals surface area contributed by atoms with E-state index in [0.717, 1.165) is 4.90 Å². The lowest BCUT2D eigenvalue weighted by Gasteiger charge is -2.28. The molecule has 9 heteroatoms. The standard InChI is InChI=1S/C14H19BrIN3O4/c1-13(2,3)22-11(20)19(12(21)23-14(4,5)6)10-9(16)18-8(15)7-17-10/h7H,1-6H3. The highest BCUT2D eigenvalue weighted by molar-refractivity contribution is 14.1. The summed E-state index contributed by atoms with van der Waals surface area (Å²) in [5, 5.41) is 0. The minimum Gasteiger partial charge on any atom is -0.443 e. The molecule has 1 rings (SSSR count). The van der Waals surface area contributed by atoms with Crippen molar-refractivity contribution in [2.45, 2.75) is 52.7 Å². The average Bonchev–Trinajstić information content (AvgIpc) is 2.27. The third-order valence-corrected chi connectivity index (χ3v) is 3.15. The Balaban J connectivity index is 3.25. The van der Waals surface area contributed by atoms with Crippen LogP contribution in [0.4, 0.5) is 15.4 Å². The first-order valence-electron chi connectivity index (χ1n) is 6.74. The molecule has 0 atom stereocenters. The van der Waals surface area contributed by atoms with E-state index in [1.54, 1.807) is 41.5 Å². The zero-order valence-corrected chi connectivity index (χ0v) is 17.6. The molecular formula is C14H19BrIN3O4. The van der Waals surface area contributed by atoms with Gasteiger partial charge in [-0.25, -0.2) is 19.6 Å². The summed E-state index contributed by atoms with van der Waals surface area (Å²) in [7, 11) is 0. The second-order valence-corrected chi connectivity index (χ2v) is 8.44. The molecule has 1 aromatic heterocycles. The molecule has 0 bridgehead atoms. The monoisotopic (exact) mass is 499 g/mol. The second kappa shape index (κ2) is 7.29. The van der Waals surface area contributed by atoms with Crippen LogP contribution < -0.4 is 4.90 Å². The molecule has 23 heavy (non-hydrogen) atoms. The molecule has 0 saturated carbocycles. The number of anilines is 1. The predicted molar refractivity (Wildman–Crippen MR) is 97.4 cm³/mol. The van der Waals surface area contributed by atoms with Crippen LogP contribution in [0.15, 0.2) is 10.8 Å². The highest BCUT2D eigenvalue weighted by Gasteiger charge is 2.35. The average molecular weight is 500 g/mol. The van der Waals surface area contributed by atoms with E-state index >= 15 is 0 Å². The molecule has 0 unspecified atom stereocenters. The van der Waals surface area contributed by atoms with E-state index in [0.29, 0.717) is 8.30 Å². The summed E-state index contributed by atoms with van der Waals surface area (Å²) < 4.78 is 11.4. The van der Waals surface area contributed by atoms with E-state index in [4.69, 9.17) is 9.47 Å². The van der Waals surface area contributed by atoms with E-state index in [2.05, 4.69) is 25.9 Å². The maximum absolute atomic E-state index is 12.4. The second-order valence-electron chi connectivity index (χ2n) is 6.60. The minimum atomic E-state index is -0.874. The molecule has 2 amide bonds. The van der Waals surface area contributed by atoms with E-state index in [1.165, 1.54) is 6.20 Å². The fraction of sp³-hybridized carbons (Fsp3) is 0.571. The molecule has 1 heterocycles. The largest absolute Gasteiger partial charge is 0.443 e. The van der Waals surface area contributed by atoms with Gasteiger partial charge in [-0.3, -0.25) is 0 Å². The topological polar surface area (TPSA) is 81.6 Å². The van der Waals surface area contributed by atoms with Gasteiger partial charge in [0.25, 0.3) is 0 Å². The Morgan fingerprint density at radius 2 is 1.52 bits per heavy atom. The summed E-state index contributed by atoms with van der Waals surface area (Å²) in [6.07, 6.45) is -0.359. The summed E-state index contributed by atoms with van der Waals surface area (Å²) in [5.41, 5.74) is -1.54. The number of hydrogen-bond acceptors (Lipinski definition) is 6. The van der Waals surface area contributed by atoms with Crippen LogP contribution in [0.1, 0.15) is 41.5 Å². The van der Waals surface area contributed by atoms with Gasteiger partial charge in [0.2, 0.25) is 0 Å². The lowest BCUT2D eigenvalue weighted by molar-refractivity contribution is 0.0428. The van der Waals surface area contributed by atoms with Crippen LogP contribution in [0, 0.1) is 3.70 Å². The molecule has 1 aromatic rings. The van der Waals surface area contributed by atoms with Crippen molar-refractivity contribution in [2.75, 3.05) is 4.90 Å². The van der Waals surface area contributed by atoms with Gasteiger partial charge < -0.3 is 9.47 Å². The van der Waals surface area contributed by atoms with Gasteiger partial charge in [0.1, 0.15) is 19.5 Å². The van der Waals surface area contributed by atoms with Crippen LogP contribution in [0.25, 0.3) is 0 Å². The van der Waals surface area contributed by atoms with E-state index < -0.39 is 23.4 Å². The number of ether oxygens (including phenoxy) is 2. The Kier molecular flexibility index (Phi) is 6.36. The van der Waals surface area contributed by atoms with Crippen LogP contribution in [0.3, 0.4) is 0 Å². The number of hydrogen-bond donors (Lipinski definition) is 0. The number of carbonyl (C=O) groups excluding carboxylic acids is 2. The summed E-state index contributed by atoms with van der Waals surface area (Å²) in [4.78, 5) is 33.9. The normalized spacial score (nSPS) is 11.8. The van der Waals surface area contributed by atoms with Gasteiger partial charge in [0.15, 0.2) is 5.82 Å².